The van der Waals surface area contributed by atoms with E-state index in [1.807, 2.05) is 12.3 Å². The summed E-state index contributed by atoms with van der Waals surface area (Å²) in [5.74, 6) is 0. The predicted octanol–water partition coefficient (Wildman–Crippen LogP) is 3.08. The number of hydrogen-bond acceptors (Lipinski definition) is 2. The maximum atomic E-state index is 8.68. The van der Waals surface area contributed by atoms with Crippen LogP contribution in [0.3, 0.4) is 0 Å². The molecule has 2 heteroatoms. The van der Waals surface area contributed by atoms with E-state index in [-0.39, 0.29) is 0 Å². The minimum absolute atomic E-state index is 0.665. The van der Waals surface area contributed by atoms with Crippen LogP contribution in [0.4, 0.5) is 0 Å². The van der Waals surface area contributed by atoms with E-state index in [1.165, 1.54) is 31.2 Å². The van der Waals surface area contributed by atoms with Crippen LogP contribution >= 0.6 is 0 Å². The minimum atomic E-state index is 0.665. The van der Waals surface area contributed by atoms with E-state index in [0.717, 1.165) is 6.42 Å². The quantitative estimate of drug-likeness (QED) is 0.666. The molecule has 0 spiro atoms. The molecule has 0 aromatic carbocycles. The van der Waals surface area contributed by atoms with E-state index in [0.29, 0.717) is 5.56 Å². The number of nitriles is 1. The monoisotopic (exact) mass is 188 g/mol. The molecule has 0 saturated heterocycles. The van der Waals surface area contributed by atoms with Crippen molar-refractivity contribution in [3.63, 3.8) is 0 Å². The maximum absolute atomic E-state index is 8.68. The molecule has 0 fully saturated rings. The Morgan fingerprint density at radius 2 is 2.14 bits per heavy atom. The van der Waals surface area contributed by atoms with E-state index >= 15 is 0 Å². The van der Waals surface area contributed by atoms with Crippen molar-refractivity contribution >= 4 is 0 Å². The molecule has 14 heavy (non-hydrogen) atoms. The highest BCUT2D eigenvalue weighted by Crippen LogP contribution is 2.08. The summed E-state index contributed by atoms with van der Waals surface area (Å²) in [6.07, 6.45) is 9.53. The van der Waals surface area contributed by atoms with Gasteiger partial charge in [-0.2, -0.15) is 5.26 Å². The van der Waals surface area contributed by atoms with E-state index in [2.05, 4.69) is 18.0 Å². The topological polar surface area (TPSA) is 36.7 Å². The van der Waals surface area contributed by atoms with Gasteiger partial charge in [-0.05, 0) is 24.5 Å². The Morgan fingerprint density at radius 1 is 1.29 bits per heavy atom. The van der Waals surface area contributed by atoms with E-state index < -0.39 is 0 Å². The zero-order valence-corrected chi connectivity index (χ0v) is 8.66. The van der Waals surface area contributed by atoms with Crippen LogP contribution in [0.25, 0.3) is 0 Å². The van der Waals surface area contributed by atoms with Crippen molar-refractivity contribution in [3.05, 3.63) is 29.6 Å². The second-order valence-corrected chi connectivity index (χ2v) is 3.50. The summed E-state index contributed by atoms with van der Waals surface area (Å²) in [7, 11) is 0. The highest BCUT2D eigenvalue weighted by molar-refractivity contribution is 5.28. The Bertz CT molecular complexity index is 312. The van der Waals surface area contributed by atoms with Gasteiger partial charge in [0.2, 0.25) is 0 Å². The van der Waals surface area contributed by atoms with Gasteiger partial charge in [0, 0.05) is 12.4 Å². The zero-order valence-electron chi connectivity index (χ0n) is 8.66. The van der Waals surface area contributed by atoms with Crippen LogP contribution in [0.5, 0.6) is 0 Å². The average Bonchev–Trinajstić information content (AvgIpc) is 2.25. The molecule has 0 radical (unpaired) electrons. The number of aromatic nitrogens is 1. The summed E-state index contributed by atoms with van der Waals surface area (Å²) in [5, 5.41) is 8.68. The summed E-state index contributed by atoms with van der Waals surface area (Å²) in [4.78, 5) is 4.03. The number of unbranched alkanes of at least 4 members (excludes halogenated alkanes) is 3. The number of hydrogen-bond donors (Lipinski definition) is 0. The molecule has 0 saturated carbocycles. The van der Waals surface area contributed by atoms with E-state index in [1.54, 1.807) is 6.20 Å². The van der Waals surface area contributed by atoms with Crippen LogP contribution in [-0.4, -0.2) is 4.98 Å². The first kappa shape index (κ1) is 10.7. The Kier molecular flexibility index (Phi) is 4.71. The normalized spacial score (nSPS) is 9.71. The van der Waals surface area contributed by atoms with Crippen LogP contribution in [0, 0.1) is 11.3 Å². The van der Waals surface area contributed by atoms with E-state index in [4.69, 9.17) is 5.26 Å². The molecule has 0 aliphatic rings. The highest BCUT2D eigenvalue weighted by atomic mass is 14.6. The van der Waals surface area contributed by atoms with Crippen LogP contribution < -0.4 is 0 Å². The van der Waals surface area contributed by atoms with Gasteiger partial charge in [0.25, 0.3) is 0 Å². The Hall–Kier alpha value is -1.36. The third kappa shape index (κ3) is 3.57. The molecule has 2 nitrogen and oxygen atoms in total. The molecular weight excluding hydrogens is 172 g/mol. The average molecular weight is 188 g/mol. The first-order valence-electron chi connectivity index (χ1n) is 5.21. The fourth-order valence-corrected chi connectivity index (χ4v) is 1.44. The number of rotatable bonds is 5. The number of pyridine rings is 1. The van der Waals surface area contributed by atoms with Crippen molar-refractivity contribution in [1.29, 1.82) is 5.26 Å². The SMILES string of the molecule is CCCCCCc1cncc(C#N)c1. The number of aryl methyl sites for hydroxylation is 1. The lowest BCUT2D eigenvalue weighted by molar-refractivity contribution is 0.666. The molecule has 0 amide bonds. The largest absolute Gasteiger partial charge is 0.263 e. The summed E-state index contributed by atoms with van der Waals surface area (Å²) < 4.78 is 0. The first-order chi connectivity index (χ1) is 6.86. The highest BCUT2D eigenvalue weighted by Gasteiger charge is 1.96. The molecule has 1 heterocycles. The lowest BCUT2D eigenvalue weighted by Gasteiger charge is -2.00. The van der Waals surface area contributed by atoms with Crippen molar-refractivity contribution in [2.45, 2.75) is 39.0 Å². The molecule has 0 atom stereocenters. The molecule has 1 rings (SSSR count). The molecule has 0 N–H and O–H groups in total. The molecule has 1 aromatic rings. The molecule has 1 aromatic heterocycles. The van der Waals surface area contributed by atoms with Crippen molar-refractivity contribution in [1.82, 2.24) is 4.98 Å². The van der Waals surface area contributed by atoms with Gasteiger partial charge in [0.05, 0.1) is 5.56 Å². The Labute approximate surface area is 85.6 Å². The fraction of sp³-hybridized carbons (Fsp3) is 0.500. The van der Waals surface area contributed by atoms with Crippen LogP contribution in [0.1, 0.15) is 43.7 Å². The molecule has 0 aliphatic heterocycles. The summed E-state index contributed by atoms with van der Waals surface area (Å²) in [5.41, 5.74) is 1.85. The number of nitrogens with zero attached hydrogens (tertiary/aromatic N) is 2. The maximum Gasteiger partial charge on any atom is 0.101 e. The van der Waals surface area contributed by atoms with Gasteiger partial charge < -0.3 is 0 Å². The predicted molar refractivity (Wildman–Crippen MR) is 56.8 cm³/mol. The Balaban J connectivity index is 2.39. The minimum Gasteiger partial charge on any atom is -0.263 e. The van der Waals surface area contributed by atoms with Crippen LogP contribution in [0.2, 0.25) is 0 Å². The third-order valence-corrected chi connectivity index (χ3v) is 2.24. The summed E-state index contributed by atoms with van der Waals surface area (Å²) >= 11 is 0. The van der Waals surface area contributed by atoms with Gasteiger partial charge in [-0.1, -0.05) is 26.2 Å². The van der Waals surface area contributed by atoms with Gasteiger partial charge in [-0.15, -0.1) is 0 Å². The van der Waals surface area contributed by atoms with Crippen LogP contribution in [-0.2, 0) is 6.42 Å². The van der Waals surface area contributed by atoms with Crippen LogP contribution in [0.15, 0.2) is 18.5 Å². The lowest BCUT2D eigenvalue weighted by Crippen LogP contribution is -1.88. The molecular formula is C12H16N2. The van der Waals surface area contributed by atoms with Gasteiger partial charge in [-0.3, -0.25) is 4.98 Å². The Morgan fingerprint density at radius 3 is 2.86 bits per heavy atom. The van der Waals surface area contributed by atoms with E-state index in [9.17, 15) is 0 Å². The van der Waals surface area contributed by atoms with Crippen molar-refractivity contribution in [3.8, 4) is 6.07 Å². The van der Waals surface area contributed by atoms with Gasteiger partial charge in [0.1, 0.15) is 6.07 Å². The molecule has 0 unspecified atom stereocenters. The third-order valence-electron chi connectivity index (χ3n) is 2.24. The van der Waals surface area contributed by atoms with Gasteiger partial charge in [0.15, 0.2) is 0 Å². The zero-order chi connectivity index (χ0) is 10.2. The lowest BCUT2D eigenvalue weighted by atomic mass is 10.1. The summed E-state index contributed by atoms with van der Waals surface area (Å²) in [6.45, 7) is 2.21. The van der Waals surface area contributed by atoms with Crippen molar-refractivity contribution in [2.24, 2.45) is 0 Å². The smallest absolute Gasteiger partial charge is 0.101 e. The second-order valence-electron chi connectivity index (χ2n) is 3.50. The summed E-state index contributed by atoms with van der Waals surface area (Å²) in [6, 6.07) is 4.04. The van der Waals surface area contributed by atoms with Gasteiger partial charge >= 0.3 is 0 Å². The fourth-order valence-electron chi connectivity index (χ4n) is 1.44. The second kappa shape index (κ2) is 6.15. The van der Waals surface area contributed by atoms with Gasteiger partial charge in [-0.25, -0.2) is 0 Å². The molecule has 74 valence electrons. The molecule has 0 bridgehead atoms. The first-order valence-corrected chi connectivity index (χ1v) is 5.21. The standard InChI is InChI=1S/C12H16N2/c1-2-3-4-5-6-11-7-12(8-13)10-14-9-11/h7,9-10H,2-6H2,1H3. The van der Waals surface area contributed by atoms with Crippen molar-refractivity contribution < 1.29 is 0 Å². The molecule has 0 aliphatic carbocycles. The van der Waals surface area contributed by atoms with Crippen molar-refractivity contribution in [2.75, 3.05) is 0 Å².